The normalized spacial score (nSPS) is 11.4. The Bertz CT molecular complexity index is 1420. The van der Waals surface area contributed by atoms with Gasteiger partial charge in [0.25, 0.3) is 5.56 Å². The molecule has 1 N–H and O–H groups in total. The highest BCUT2D eigenvalue weighted by Crippen LogP contribution is 2.18. The number of aromatic nitrogens is 4. The summed E-state index contributed by atoms with van der Waals surface area (Å²) < 4.78 is 22.4. The van der Waals surface area contributed by atoms with Crippen molar-refractivity contribution in [1.82, 2.24) is 18.7 Å². The number of rotatable bonds is 6. The second-order valence-electron chi connectivity index (χ2n) is 7.17. The van der Waals surface area contributed by atoms with E-state index in [2.05, 4.69) is 15.5 Å². The Morgan fingerprint density at radius 1 is 1.06 bits per heavy atom. The van der Waals surface area contributed by atoms with Gasteiger partial charge in [-0.05, 0) is 47.5 Å². The number of hydrazone groups is 1. The molecule has 4 rings (SSSR count). The summed E-state index contributed by atoms with van der Waals surface area (Å²) in [4.78, 5) is 29.7. The number of ether oxygens (including phenoxy) is 1. The molecule has 9 nitrogen and oxygen atoms in total. The number of nitrogens with one attached hydrogen (secondary N) is 1. The van der Waals surface area contributed by atoms with Gasteiger partial charge in [0.1, 0.15) is 11.6 Å². The molecule has 0 aliphatic rings. The van der Waals surface area contributed by atoms with Gasteiger partial charge in [-0.25, -0.2) is 14.6 Å². The van der Waals surface area contributed by atoms with Crippen LogP contribution in [-0.4, -0.2) is 32.0 Å². The summed E-state index contributed by atoms with van der Waals surface area (Å²) in [5, 5.41) is 4.23. The van der Waals surface area contributed by atoms with E-state index < -0.39 is 11.2 Å². The highest BCUT2D eigenvalue weighted by Gasteiger charge is 2.19. The van der Waals surface area contributed by atoms with E-state index in [1.54, 1.807) is 37.1 Å². The fourth-order valence-electron chi connectivity index (χ4n) is 3.31. The van der Waals surface area contributed by atoms with Gasteiger partial charge in [0, 0.05) is 14.1 Å². The molecule has 0 saturated heterocycles. The van der Waals surface area contributed by atoms with Gasteiger partial charge in [-0.15, -0.1) is 0 Å². The first kappa shape index (κ1) is 21.0. The van der Waals surface area contributed by atoms with E-state index in [4.69, 9.17) is 4.74 Å². The monoisotopic (exact) mass is 436 g/mol. The van der Waals surface area contributed by atoms with Gasteiger partial charge in [0.05, 0.1) is 19.9 Å². The molecule has 0 radical (unpaired) electrons. The predicted molar refractivity (Wildman–Crippen MR) is 120 cm³/mol. The zero-order valence-electron chi connectivity index (χ0n) is 17.7. The Hall–Kier alpha value is -4.21. The molecule has 10 heteroatoms. The second-order valence-corrected chi connectivity index (χ2v) is 7.17. The molecule has 2 heterocycles. The first-order valence-electron chi connectivity index (χ1n) is 9.73. The van der Waals surface area contributed by atoms with Gasteiger partial charge < -0.3 is 4.74 Å². The Morgan fingerprint density at radius 2 is 1.75 bits per heavy atom. The van der Waals surface area contributed by atoms with Crippen LogP contribution < -0.4 is 21.4 Å². The number of fused-ring (bicyclic) bond motifs is 1. The Labute approximate surface area is 182 Å². The number of hydrogen-bond acceptors (Lipinski definition) is 6. The maximum Gasteiger partial charge on any atom is 0.332 e. The van der Waals surface area contributed by atoms with Crippen molar-refractivity contribution in [2.75, 3.05) is 12.5 Å². The van der Waals surface area contributed by atoms with Crippen molar-refractivity contribution in [2.45, 2.75) is 6.54 Å². The fourth-order valence-corrected chi connectivity index (χ4v) is 3.31. The standard InChI is InChI=1S/C22H21FN6O3/c1-27-19-18(20(30)28(2)22(27)31)29(13-15-4-8-16(23)9-5-15)21(25-19)26-24-12-14-6-10-17(32-3)11-7-14/h4-12H,13H2,1-3H3,(H,25,26)/b24-12-. The van der Waals surface area contributed by atoms with Crippen LogP contribution in [0.3, 0.4) is 0 Å². The van der Waals surface area contributed by atoms with E-state index in [1.807, 2.05) is 24.3 Å². The molecule has 0 fully saturated rings. The van der Waals surface area contributed by atoms with E-state index in [1.165, 1.54) is 23.7 Å². The van der Waals surface area contributed by atoms with Gasteiger partial charge in [-0.3, -0.25) is 18.5 Å². The van der Waals surface area contributed by atoms with Gasteiger partial charge in [0.2, 0.25) is 5.95 Å². The molecule has 4 aromatic rings. The van der Waals surface area contributed by atoms with Crippen LogP contribution in [-0.2, 0) is 20.6 Å². The van der Waals surface area contributed by atoms with E-state index in [0.717, 1.165) is 21.4 Å². The lowest BCUT2D eigenvalue weighted by molar-refractivity contribution is 0.415. The molecule has 0 aliphatic heterocycles. The van der Waals surface area contributed by atoms with Crippen LogP contribution in [0.2, 0.25) is 0 Å². The number of imidazole rings is 1. The molecular weight excluding hydrogens is 415 g/mol. The van der Waals surface area contributed by atoms with E-state index in [0.29, 0.717) is 0 Å². The number of anilines is 1. The molecule has 2 aromatic carbocycles. The van der Waals surface area contributed by atoms with Crippen molar-refractivity contribution in [1.29, 1.82) is 0 Å². The van der Waals surface area contributed by atoms with Gasteiger partial charge in [-0.1, -0.05) is 12.1 Å². The van der Waals surface area contributed by atoms with Crippen molar-refractivity contribution >= 4 is 23.3 Å². The minimum atomic E-state index is -0.484. The summed E-state index contributed by atoms with van der Waals surface area (Å²) in [6.45, 7) is 0.227. The van der Waals surface area contributed by atoms with Crippen molar-refractivity contribution in [3.05, 3.63) is 86.3 Å². The van der Waals surface area contributed by atoms with E-state index in [9.17, 15) is 14.0 Å². The third-order valence-electron chi connectivity index (χ3n) is 5.10. The lowest BCUT2D eigenvalue weighted by Crippen LogP contribution is -2.37. The molecule has 0 unspecified atom stereocenters. The molecule has 2 aromatic heterocycles. The first-order valence-corrected chi connectivity index (χ1v) is 9.73. The minimum absolute atomic E-state index is 0.224. The van der Waals surface area contributed by atoms with Crippen molar-refractivity contribution in [2.24, 2.45) is 19.2 Å². The molecule has 0 atom stereocenters. The van der Waals surface area contributed by atoms with Crippen LogP contribution in [0.15, 0.2) is 63.2 Å². The van der Waals surface area contributed by atoms with Crippen molar-refractivity contribution in [3.63, 3.8) is 0 Å². The molecule has 164 valence electrons. The molecule has 0 amide bonds. The lowest BCUT2D eigenvalue weighted by atomic mass is 10.2. The largest absolute Gasteiger partial charge is 0.497 e. The Balaban J connectivity index is 1.77. The molecule has 0 aliphatic carbocycles. The van der Waals surface area contributed by atoms with Crippen LogP contribution >= 0.6 is 0 Å². The average Bonchev–Trinajstić information content (AvgIpc) is 3.16. The Morgan fingerprint density at radius 3 is 2.41 bits per heavy atom. The summed E-state index contributed by atoms with van der Waals surface area (Å²) in [5.74, 6) is 0.644. The maximum absolute atomic E-state index is 13.3. The minimum Gasteiger partial charge on any atom is -0.497 e. The molecule has 0 bridgehead atoms. The summed E-state index contributed by atoms with van der Waals surface area (Å²) in [6.07, 6.45) is 1.60. The summed E-state index contributed by atoms with van der Waals surface area (Å²) in [6, 6.07) is 13.2. The number of methoxy groups -OCH3 is 1. The number of halogens is 1. The van der Waals surface area contributed by atoms with Crippen LogP contribution in [0, 0.1) is 5.82 Å². The molecule has 0 spiro atoms. The highest BCUT2D eigenvalue weighted by atomic mass is 19.1. The van der Waals surface area contributed by atoms with E-state index >= 15 is 0 Å². The number of hydrogen-bond donors (Lipinski definition) is 1. The van der Waals surface area contributed by atoms with Crippen LogP contribution in [0.4, 0.5) is 10.3 Å². The van der Waals surface area contributed by atoms with Gasteiger partial charge in [0.15, 0.2) is 11.2 Å². The third kappa shape index (κ3) is 3.89. The maximum atomic E-state index is 13.3. The van der Waals surface area contributed by atoms with Crippen LogP contribution in [0.25, 0.3) is 11.2 Å². The molecular formula is C22H21FN6O3. The van der Waals surface area contributed by atoms with Gasteiger partial charge >= 0.3 is 5.69 Å². The Kier molecular flexibility index (Phi) is 5.59. The third-order valence-corrected chi connectivity index (χ3v) is 5.10. The lowest BCUT2D eigenvalue weighted by Gasteiger charge is -2.09. The summed E-state index contributed by atoms with van der Waals surface area (Å²) in [7, 11) is 4.55. The van der Waals surface area contributed by atoms with Crippen molar-refractivity contribution in [3.8, 4) is 5.75 Å². The SMILES string of the molecule is COc1ccc(/C=N\Nc2nc3c(c(=O)n(C)c(=O)n3C)n2Cc2ccc(F)cc2)cc1. The van der Waals surface area contributed by atoms with Gasteiger partial charge in [-0.2, -0.15) is 10.1 Å². The number of benzene rings is 2. The number of aryl methyl sites for hydroxylation is 1. The molecule has 0 saturated carbocycles. The van der Waals surface area contributed by atoms with Crippen LogP contribution in [0.1, 0.15) is 11.1 Å². The van der Waals surface area contributed by atoms with E-state index in [-0.39, 0.29) is 29.5 Å². The zero-order valence-corrected chi connectivity index (χ0v) is 17.7. The topological polar surface area (TPSA) is 95.4 Å². The second kappa shape index (κ2) is 8.50. The zero-order chi connectivity index (χ0) is 22.8. The smallest absolute Gasteiger partial charge is 0.332 e. The fraction of sp³-hybridized carbons (Fsp3) is 0.182. The average molecular weight is 436 g/mol. The summed E-state index contributed by atoms with van der Waals surface area (Å²) >= 11 is 0. The quantitative estimate of drug-likeness (QED) is 0.369. The summed E-state index contributed by atoms with van der Waals surface area (Å²) in [5.41, 5.74) is 3.93. The number of nitrogens with zero attached hydrogens (tertiary/aromatic N) is 5. The van der Waals surface area contributed by atoms with Crippen LogP contribution in [0.5, 0.6) is 5.75 Å². The molecule has 32 heavy (non-hydrogen) atoms. The first-order chi connectivity index (χ1) is 15.4. The van der Waals surface area contributed by atoms with Crippen molar-refractivity contribution < 1.29 is 9.13 Å². The highest BCUT2D eigenvalue weighted by molar-refractivity contribution is 5.80. The predicted octanol–water partition coefficient (Wildman–Crippen LogP) is 2.08.